The van der Waals surface area contributed by atoms with E-state index in [0.29, 0.717) is 12.1 Å². The molecule has 0 radical (unpaired) electrons. The summed E-state index contributed by atoms with van der Waals surface area (Å²) in [6.07, 6.45) is 6.62. The number of aliphatic imine (C=N–C) groups is 1. The highest BCUT2D eigenvalue weighted by Crippen LogP contribution is 2.32. The van der Waals surface area contributed by atoms with Gasteiger partial charge in [-0.25, -0.2) is 12.4 Å². The standard InChI is InChI=1S/C27H25N3O2S/c31-33(32,24-12-10-21(11-13-24)18-29-19-22-14-16-28-17-15-22)30-20-26(23-6-2-1-3-7-23)25-8-4-5-9-27(25)30/h1-14,16,20,29H,15,17-19H2. The quantitative estimate of drug-likeness (QED) is 0.425. The second-order valence-corrected chi connectivity index (χ2v) is 9.92. The van der Waals surface area contributed by atoms with Crippen molar-refractivity contribution in [1.29, 1.82) is 0 Å². The number of para-hydroxylation sites is 1. The molecule has 0 fully saturated rings. The summed E-state index contributed by atoms with van der Waals surface area (Å²) in [5, 5.41) is 4.33. The fourth-order valence-corrected chi connectivity index (χ4v) is 5.50. The third-order valence-corrected chi connectivity index (χ3v) is 7.59. The maximum absolute atomic E-state index is 13.6. The van der Waals surface area contributed by atoms with Crippen LogP contribution in [-0.2, 0) is 16.6 Å². The molecule has 3 aromatic carbocycles. The Morgan fingerprint density at radius 1 is 0.879 bits per heavy atom. The van der Waals surface area contributed by atoms with Gasteiger partial charge in [-0.15, -0.1) is 0 Å². The predicted molar refractivity (Wildman–Crippen MR) is 134 cm³/mol. The number of rotatable bonds is 7. The first kappa shape index (κ1) is 21.4. The summed E-state index contributed by atoms with van der Waals surface area (Å²) >= 11 is 0. The average Bonchev–Trinajstić information content (AvgIpc) is 3.26. The molecule has 166 valence electrons. The first-order valence-electron chi connectivity index (χ1n) is 11.0. The van der Waals surface area contributed by atoms with E-state index in [-0.39, 0.29) is 4.90 Å². The number of hydrogen-bond donors (Lipinski definition) is 1. The molecular formula is C27H25N3O2S. The van der Waals surface area contributed by atoms with Crippen LogP contribution in [0.5, 0.6) is 0 Å². The highest BCUT2D eigenvalue weighted by atomic mass is 32.2. The normalized spacial score (nSPS) is 13.9. The van der Waals surface area contributed by atoms with Crippen LogP contribution in [0.25, 0.3) is 22.0 Å². The van der Waals surface area contributed by atoms with Crippen molar-refractivity contribution in [2.24, 2.45) is 4.99 Å². The highest BCUT2D eigenvalue weighted by Gasteiger charge is 2.21. The van der Waals surface area contributed by atoms with Crippen molar-refractivity contribution in [2.75, 3.05) is 13.1 Å². The van der Waals surface area contributed by atoms with Gasteiger partial charge in [0.05, 0.1) is 10.4 Å². The maximum Gasteiger partial charge on any atom is 0.268 e. The van der Waals surface area contributed by atoms with Gasteiger partial charge in [0.15, 0.2) is 0 Å². The molecule has 0 atom stereocenters. The second kappa shape index (κ2) is 9.17. The number of dihydropyridines is 1. The number of fused-ring (bicyclic) bond motifs is 1. The Hall–Kier alpha value is -3.48. The van der Waals surface area contributed by atoms with Crippen molar-refractivity contribution in [3.63, 3.8) is 0 Å². The minimum Gasteiger partial charge on any atom is -0.309 e. The molecule has 33 heavy (non-hydrogen) atoms. The number of nitrogens with zero attached hydrogens (tertiary/aromatic N) is 2. The lowest BCUT2D eigenvalue weighted by atomic mass is 10.1. The SMILES string of the molecule is O=S(=O)(c1ccc(CNCC2=CC=NCC2)cc1)n1cc(-c2ccccc2)c2ccccc21. The zero-order chi connectivity index (χ0) is 22.7. The zero-order valence-corrected chi connectivity index (χ0v) is 19.0. The van der Waals surface area contributed by atoms with Crippen LogP contribution in [0.15, 0.2) is 107 Å². The van der Waals surface area contributed by atoms with Crippen LogP contribution in [0, 0.1) is 0 Å². The van der Waals surface area contributed by atoms with Gasteiger partial charge >= 0.3 is 0 Å². The molecule has 0 bridgehead atoms. The third-order valence-electron chi connectivity index (χ3n) is 5.90. The van der Waals surface area contributed by atoms with Gasteiger partial charge in [-0.2, -0.15) is 0 Å². The van der Waals surface area contributed by atoms with E-state index in [1.54, 1.807) is 18.3 Å². The minimum atomic E-state index is -3.73. The van der Waals surface area contributed by atoms with Gasteiger partial charge in [-0.3, -0.25) is 4.99 Å². The molecule has 1 aromatic heterocycles. The Kier molecular flexibility index (Phi) is 5.94. The van der Waals surface area contributed by atoms with Gasteiger partial charge in [-0.1, -0.05) is 66.2 Å². The number of allylic oxidation sites excluding steroid dienone is 1. The van der Waals surface area contributed by atoms with E-state index >= 15 is 0 Å². The molecule has 0 aliphatic carbocycles. The van der Waals surface area contributed by atoms with E-state index in [9.17, 15) is 8.42 Å². The van der Waals surface area contributed by atoms with Crippen LogP contribution >= 0.6 is 0 Å². The molecule has 2 heterocycles. The number of hydrogen-bond acceptors (Lipinski definition) is 4. The van der Waals surface area contributed by atoms with Crippen molar-refractivity contribution in [1.82, 2.24) is 9.29 Å². The second-order valence-electron chi connectivity index (χ2n) is 8.10. The molecular weight excluding hydrogens is 430 g/mol. The maximum atomic E-state index is 13.6. The molecule has 6 heteroatoms. The van der Waals surface area contributed by atoms with Crippen LogP contribution < -0.4 is 5.32 Å². The lowest BCUT2D eigenvalue weighted by Gasteiger charge is -2.11. The largest absolute Gasteiger partial charge is 0.309 e. The van der Waals surface area contributed by atoms with Crippen molar-refractivity contribution in [3.8, 4) is 11.1 Å². The summed E-state index contributed by atoms with van der Waals surface area (Å²) in [7, 11) is -3.73. The highest BCUT2D eigenvalue weighted by molar-refractivity contribution is 7.90. The van der Waals surface area contributed by atoms with E-state index in [1.165, 1.54) is 9.55 Å². The number of benzene rings is 3. The van der Waals surface area contributed by atoms with Crippen molar-refractivity contribution >= 4 is 27.1 Å². The van der Waals surface area contributed by atoms with Crippen LogP contribution in [0.3, 0.4) is 0 Å². The summed E-state index contributed by atoms with van der Waals surface area (Å²) in [5.74, 6) is 0. The molecule has 1 aliphatic rings. The zero-order valence-electron chi connectivity index (χ0n) is 18.2. The van der Waals surface area contributed by atoms with Crippen LogP contribution in [0.4, 0.5) is 0 Å². The fourth-order valence-electron chi connectivity index (χ4n) is 4.13. The molecule has 5 nitrogen and oxygen atoms in total. The summed E-state index contributed by atoms with van der Waals surface area (Å²) in [6.45, 7) is 2.34. The molecule has 0 unspecified atom stereocenters. The molecule has 4 aromatic rings. The first-order chi connectivity index (χ1) is 16.1. The average molecular weight is 456 g/mol. The van der Waals surface area contributed by atoms with Crippen molar-refractivity contribution < 1.29 is 8.42 Å². The predicted octanol–water partition coefficient (Wildman–Crippen LogP) is 5.04. The van der Waals surface area contributed by atoms with Crippen molar-refractivity contribution in [3.05, 3.63) is 102 Å². The molecule has 0 amide bonds. The van der Waals surface area contributed by atoms with Crippen LogP contribution in [-0.4, -0.2) is 31.7 Å². The molecule has 1 N–H and O–H groups in total. The lowest BCUT2D eigenvalue weighted by Crippen LogP contribution is -2.18. The smallest absolute Gasteiger partial charge is 0.268 e. The van der Waals surface area contributed by atoms with E-state index in [1.807, 2.05) is 72.9 Å². The Labute approximate surface area is 194 Å². The number of aromatic nitrogens is 1. The molecule has 0 saturated heterocycles. The van der Waals surface area contributed by atoms with Crippen LogP contribution in [0.1, 0.15) is 12.0 Å². The fraction of sp³-hybridized carbons (Fsp3) is 0.148. The van der Waals surface area contributed by atoms with E-state index in [0.717, 1.165) is 41.6 Å². The Bertz CT molecular complexity index is 1430. The first-order valence-corrected chi connectivity index (χ1v) is 12.5. The Morgan fingerprint density at radius 2 is 1.64 bits per heavy atom. The molecule has 1 aliphatic heterocycles. The Morgan fingerprint density at radius 3 is 2.39 bits per heavy atom. The van der Waals surface area contributed by atoms with Gasteiger partial charge in [0.1, 0.15) is 0 Å². The van der Waals surface area contributed by atoms with E-state index < -0.39 is 10.0 Å². The monoisotopic (exact) mass is 455 g/mol. The third kappa shape index (κ3) is 4.40. The summed E-state index contributed by atoms with van der Waals surface area (Å²) < 4.78 is 28.5. The number of nitrogens with one attached hydrogen (secondary N) is 1. The molecule has 0 saturated carbocycles. The van der Waals surface area contributed by atoms with Gasteiger partial charge in [-0.05, 0) is 41.8 Å². The molecule has 5 rings (SSSR count). The minimum absolute atomic E-state index is 0.276. The van der Waals surface area contributed by atoms with Crippen molar-refractivity contribution in [2.45, 2.75) is 17.9 Å². The lowest BCUT2D eigenvalue weighted by molar-refractivity contribution is 0.589. The van der Waals surface area contributed by atoms with E-state index in [2.05, 4.69) is 16.4 Å². The van der Waals surface area contributed by atoms with Gasteiger partial charge in [0.25, 0.3) is 10.0 Å². The van der Waals surface area contributed by atoms with Gasteiger partial charge < -0.3 is 5.32 Å². The Balaban J connectivity index is 1.41. The topological polar surface area (TPSA) is 63.5 Å². The summed E-state index contributed by atoms with van der Waals surface area (Å²) in [5.41, 5.74) is 4.94. The molecule has 0 spiro atoms. The van der Waals surface area contributed by atoms with Gasteiger partial charge in [0.2, 0.25) is 0 Å². The summed E-state index contributed by atoms with van der Waals surface area (Å²) in [6, 6.07) is 24.6. The van der Waals surface area contributed by atoms with Crippen LogP contribution in [0.2, 0.25) is 0 Å². The van der Waals surface area contributed by atoms with Gasteiger partial charge in [0, 0.05) is 43.0 Å². The van der Waals surface area contributed by atoms with E-state index in [4.69, 9.17) is 0 Å². The summed E-state index contributed by atoms with van der Waals surface area (Å²) in [4.78, 5) is 4.48.